The van der Waals surface area contributed by atoms with Crippen molar-refractivity contribution in [1.29, 1.82) is 0 Å². The monoisotopic (exact) mass is 303 g/mol. The van der Waals surface area contributed by atoms with E-state index in [9.17, 15) is 4.79 Å². The van der Waals surface area contributed by atoms with Gasteiger partial charge < -0.3 is 15.7 Å². The van der Waals surface area contributed by atoms with Gasteiger partial charge in [-0.05, 0) is 39.3 Å². The van der Waals surface area contributed by atoms with Gasteiger partial charge in [-0.3, -0.25) is 4.79 Å². The van der Waals surface area contributed by atoms with Crippen LogP contribution in [0, 0.1) is 0 Å². The van der Waals surface area contributed by atoms with Gasteiger partial charge in [-0.15, -0.1) is 17.5 Å². The Kier molecular flexibility index (Phi) is 6.90. The van der Waals surface area contributed by atoms with Crippen LogP contribution in [0.5, 0.6) is 0 Å². The minimum atomic E-state index is -0.411. The smallest absolute Gasteiger partial charge is 0.273 e. The predicted molar refractivity (Wildman–Crippen MR) is 77.0 cm³/mol. The highest BCUT2D eigenvalue weighted by Crippen LogP contribution is 2.16. The van der Waals surface area contributed by atoms with Crippen LogP contribution in [0.4, 0.5) is 0 Å². The van der Waals surface area contributed by atoms with Crippen LogP contribution in [-0.4, -0.2) is 51.7 Å². The van der Waals surface area contributed by atoms with E-state index in [1.807, 2.05) is 0 Å². The molecule has 3 N–H and O–H groups in total. The number of hydrogen-bond donors (Lipinski definition) is 3. The molecule has 1 aromatic heterocycles. The molecule has 7 nitrogen and oxygen atoms in total. The number of aromatic nitrogens is 3. The summed E-state index contributed by atoms with van der Waals surface area (Å²) in [5, 5.41) is 23.1. The Labute approximate surface area is 124 Å². The lowest BCUT2D eigenvalue weighted by molar-refractivity contribution is 0.0940. The summed E-state index contributed by atoms with van der Waals surface area (Å²) >= 11 is 0. The number of nitrogens with one attached hydrogen (secondary N) is 2. The summed E-state index contributed by atoms with van der Waals surface area (Å²) < 4.78 is 1.78. The molecule has 0 radical (unpaired) electrons. The van der Waals surface area contributed by atoms with Crippen LogP contribution in [0.1, 0.15) is 42.7 Å². The van der Waals surface area contributed by atoms with Gasteiger partial charge >= 0.3 is 0 Å². The van der Waals surface area contributed by atoms with Crippen molar-refractivity contribution >= 4 is 18.3 Å². The first kappa shape index (κ1) is 16.9. The Morgan fingerprint density at radius 3 is 2.95 bits per heavy atom. The van der Waals surface area contributed by atoms with Crippen LogP contribution in [0.3, 0.4) is 0 Å². The van der Waals surface area contributed by atoms with E-state index >= 15 is 0 Å². The Morgan fingerprint density at radius 2 is 2.30 bits per heavy atom. The fourth-order valence-corrected chi connectivity index (χ4v) is 2.12. The topological polar surface area (TPSA) is 92.1 Å². The van der Waals surface area contributed by atoms with Crippen molar-refractivity contribution in [2.45, 2.75) is 38.3 Å². The molecule has 1 amide bonds. The van der Waals surface area contributed by atoms with Crippen molar-refractivity contribution < 1.29 is 9.90 Å². The average molecular weight is 304 g/mol. The van der Waals surface area contributed by atoms with Crippen LogP contribution in [0.15, 0.2) is 6.20 Å². The van der Waals surface area contributed by atoms with Crippen LogP contribution in [0.25, 0.3) is 0 Å². The first-order chi connectivity index (χ1) is 9.16. The van der Waals surface area contributed by atoms with E-state index in [2.05, 4.69) is 20.9 Å². The zero-order valence-electron chi connectivity index (χ0n) is 11.6. The predicted octanol–water partition coefficient (Wildman–Crippen LogP) is 0.125. The first-order valence-electron chi connectivity index (χ1n) is 6.75. The lowest BCUT2D eigenvalue weighted by atomic mass is 10.1. The molecule has 1 fully saturated rings. The molecule has 1 saturated heterocycles. The van der Waals surface area contributed by atoms with Crippen molar-refractivity contribution in [2.24, 2.45) is 0 Å². The maximum atomic E-state index is 11.8. The largest absolute Gasteiger partial charge is 0.393 e. The molecule has 8 heteroatoms. The third-order valence-corrected chi connectivity index (χ3v) is 3.27. The van der Waals surface area contributed by atoms with Gasteiger partial charge in [0.1, 0.15) is 0 Å². The molecule has 2 rings (SSSR count). The molecular weight excluding hydrogens is 282 g/mol. The normalized spacial score (nSPS) is 17.3. The fourth-order valence-electron chi connectivity index (χ4n) is 2.12. The lowest BCUT2D eigenvalue weighted by Crippen LogP contribution is -2.29. The molecule has 0 bridgehead atoms. The highest BCUT2D eigenvalue weighted by Gasteiger charge is 2.18. The molecule has 1 atom stereocenters. The van der Waals surface area contributed by atoms with Crippen molar-refractivity contribution in [2.75, 3.05) is 19.6 Å². The van der Waals surface area contributed by atoms with E-state index in [4.69, 9.17) is 5.11 Å². The highest BCUT2D eigenvalue weighted by molar-refractivity contribution is 5.91. The standard InChI is InChI=1S/C12H21N5O2.ClH/c1-9(18)2-7-14-12(19)11-8-17(16-15-11)10-3-5-13-6-4-10;/h8-10,13,18H,2-7H2,1H3,(H,14,19);1H. The summed E-state index contributed by atoms with van der Waals surface area (Å²) in [6.07, 6.45) is 3.84. The molecule has 0 aliphatic carbocycles. The van der Waals surface area contributed by atoms with Gasteiger partial charge in [0.2, 0.25) is 0 Å². The van der Waals surface area contributed by atoms with Gasteiger partial charge in [0, 0.05) is 6.54 Å². The zero-order valence-corrected chi connectivity index (χ0v) is 12.4. The molecule has 1 aliphatic heterocycles. The third kappa shape index (κ3) is 4.73. The van der Waals surface area contributed by atoms with Crippen molar-refractivity contribution in [3.8, 4) is 0 Å². The van der Waals surface area contributed by atoms with Gasteiger partial charge in [-0.2, -0.15) is 0 Å². The van der Waals surface area contributed by atoms with Gasteiger partial charge in [-0.1, -0.05) is 5.21 Å². The number of piperidine rings is 1. The Bertz CT molecular complexity index is 418. The quantitative estimate of drug-likeness (QED) is 0.719. The average Bonchev–Trinajstić information content (AvgIpc) is 2.89. The lowest BCUT2D eigenvalue weighted by Gasteiger charge is -2.22. The minimum absolute atomic E-state index is 0. The molecule has 114 valence electrons. The number of carbonyl (C=O) groups excluding carboxylic acids is 1. The van der Waals surface area contributed by atoms with E-state index in [1.54, 1.807) is 17.8 Å². The molecule has 1 unspecified atom stereocenters. The molecule has 1 aromatic rings. The van der Waals surface area contributed by atoms with Crippen LogP contribution in [0.2, 0.25) is 0 Å². The maximum Gasteiger partial charge on any atom is 0.273 e. The van der Waals surface area contributed by atoms with E-state index in [1.165, 1.54) is 0 Å². The maximum absolute atomic E-state index is 11.8. The second-order valence-corrected chi connectivity index (χ2v) is 4.96. The van der Waals surface area contributed by atoms with Crippen molar-refractivity contribution in [3.05, 3.63) is 11.9 Å². The number of amides is 1. The summed E-state index contributed by atoms with van der Waals surface area (Å²) in [6.45, 7) is 4.08. The van der Waals surface area contributed by atoms with E-state index in [0.717, 1.165) is 25.9 Å². The van der Waals surface area contributed by atoms with E-state index in [-0.39, 0.29) is 18.3 Å². The summed E-state index contributed by atoms with van der Waals surface area (Å²) in [5.41, 5.74) is 0.337. The van der Waals surface area contributed by atoms with Gasteiger partial charge in [-0.25, -0.2) is 4.68 Å². The first-order valence-corrected chi connectivity index (χ1v) is 6.75. The van der Waals surface area contributed by atoms with E-state index in [0.29, 0.717) is 24.7 Å². The number of nitrogens with zero attached hydrogens (tertiary/aromatic N) is 3. The molecule has 2 heterocycles. The molecule has 0 saturated carbocycles. The Hall–Kier alpha value is -1.18. The summed E-state index contributed by atoms with van der Waals surface area (Å²) in [5.74, 6) is -0.235. The van der Waals surface area contributed by atoms with E-state index < -0.39 is 6.10 Å². The second-order valence-electron chi connectivity index (χ2n) is 4.96. The molecule has 0 aromatic carbocycles. The number of aliphatic hydroxyl groups is 1. The number of rotatable bonds is 5. The van der Waals surface area contributed by atoms with Crippen molar-refractivity contribution in [1.82, 2.24) is 25.6 Å². The molecule has 20 heavy (non-hydrogen) atoms. The van der Waals surface area contributed by atoms with Gasteiger partial charge in [0.15, 0.2) is 5.69 Å². The number of carbonyl (C=O) groups is 1. The summed E-state index contributed by atoms with van der Waals surface area (Å²) in [7, 11) is 0. The van der Waals surface area contributed by atoms with Crippen molar-refractivity contribution in [3.63, 3.8) is 0 Å². The fraction of sp³-hybridized carbons (Fsp3) is 0.750. The molecule has 0 spiro atoms. The molecule has 1 aliphatic rings. The summed E-state index contributed by atoms with van der Waals surface area (Å²) in [4.78, 5) is 11.8. The summed E-state index contributed by atoms with van der Waals surface area (Å²) in [6, 6.07) is 0.327. The molecular formula is C12H22ClN5O2. The Morgan fingerprint density at radius 1 is 1.60 bits per heavy atom. The number of aliphatic hydroxyl groups excluding tert-OH is 1. The van der Waals surface area contributed by atoms with Crippen LogP contribution < -0.4 is 10.6 Å². The van der Waals surface area contributed by atoms with Crippen LogP contribution in [-0.2, 0) is 0 Å². The zero-order chi connectivity index (χ0) is 13.7. The highest BCUT2D eigenvalue weighted by atomic mass is 35.5. The Balaban J connectivity index is 0.00000200. The third-order valence-electron chi connectivity index (χ3n) is 3.27. The number of halogens is 1. The second kappa shape index (κ2) is 8.18. The SMILES string of the molecule is CC(O)CCNC(=O)c1cn(C2CCNCC2)nn1.Cl. The number of hydrogen-bond acceptors (Lipinski definition) is 5. The van der Waals surface area contributed by atoms with Gasteiger partial charge in [0.25, 0.3) is 5.91 Å². The minimum Gasteiger partial charge on any atom is -0.393 e. The van der Waals surface area contributed by atoms with Crippen LogP contribution >= 0.6 is 12.4 Å². The van der Waals surface area contributed by atoms with Gasteiger partial charge in [0.05, 0.1) is 18.3 Å².